The average Bonchev–Trinajstić information content (AvgIpc) is 2.96. The fraction of sp³-hybridized carbons (Fsp3) is 0.250. The lowest BCUT2D eigenvalue weighted by molar-refractivity contribution is 0.0600. The predicted octanol–water partition coefficient (Wildman–Crippen LogP) is 3.90. The molecule has 0 fully saturated rings. The molecule has 7 heteroatoms. The second kappa shape index (κ2) is 7.44. The zero-order valence-electron chi connectivity index (χ0n) is 15.3. The van der Waals surface area contributed by atoms with E-state index in [0.29, 0.717) is 40.2 Å². The molecule has 3 rings (SSSR count). The number of fused-ring (bicyclic) bond motifs is 1. The van der Waals surface area contributed by atoms with Crippen molar-refractivity contribution in [3.05, 3.63) is 59.4 Å². The van der Waals surface area contributed by atoms with Crippen LogP contribution in [0.15, 0.2) is 51.8 Å². The van der Waals surface area contributed by atoms with Crippen LogP contribution < -0.4 is 4.74 Å². The predicted molar refractivity (Wildman–Crippen MR) is 101 cm³/mol. The van der Waals surface area contributed by atoms with Crippen LogP contribution in [-0.2, 0) is 20.3 Å². The Morgan fingerprint density at radius 1 is 1.11 bits per heavy atom. The van der Waals surface area contributed by atoms with Crippen LogP contribution in [0.1, 0.15) is 28.6 Å². The summed E-state index contributed by atoms with van der Waals surface area (Å²) in [4.78, 5) is 12.2. The summed E-state index contributed by atoms with van der Waals surface area (Å²) in [5, 5.41) is 0.541. The lowest BCUT2D eigenvalue weighted by Gasteiger charge is -2.07. The van der Waals surface area contributed by atoms with Crippen LogP contribution in [0.2, 0.25) is 0 Å². The van der Waals surface area contributed by atoms with Gasteiger partial charge in [0, 0.05) is 5.39 Å². The lowest BCUT2D eigenvalue weighted by Crippen LogP contribution is -2.05. The van der Waals surface area contributed by atoms with Gasteiger partial charge in [-0.05, 0) is 55.8 Å². The summed E-state index contributed by atoms with van der Waals surface area (Å²) in [6, 6.07) is 11.3. The topological polar surface area (TPSA) is 82.8 Å². The molecule has 0 aliphatic rings. The molecule has 142 valence electrons. The number of ether oxygens (including phenoxy) is 2. The van der Waals surface area contributed by atoms with Gasteiger partial charge in [-0.25, -0.2) is 13.2 Å². The number of sulfone groups is 1. The van der Waals surface area contributed by atoms with Gasteiger partial charge in [0.05, 0.1) is 24.4 Å². The van der Waals surface area contributed by atoms with E-state index < -0.39 is 15.8 Å². The average molecular weight is 388 g/mol. The first-order valence-corrected chi connectivity index (χ1v) is 10.1. The van der Waals surface area contributed by atoms with E-state index in [2.05, 4.69) is 0 Å². The fourth-order valence-corrected chi connectivity index (χ4v) is 4.26. The molecule has 0 radical (unpaired) electrons. The monoisotopic (exact) mass is 388 g/mol. The van der Waals surface area contributed by atoms with Crippen LogP contribution in [0.4, 0.5) is 0 Å². The van der Waals surface area contributed by atoms with E-state index in [1.54, 1.807) is 37.3 Å². The van der Waals surface area contributed by atoms with E-state index in [1.165, 1.54) is 19.2 Å². The zero-order chi connectivity index (χ0) is 19.6. The summed E-state index contributed by atoms with van der Waals surface area (Å²) in [7, 11) is -2.26. The molecule has 0 unspecified atom stereocenters. The van der Waals surface area contributed by atoms with Gasteiger partial charge >= 0.3 is 5.97 Å². The molecule has 0 aliphatic heterocycles. The number of hydrogen-bond acceptors (Lipinski definition) is 6. The third kappa shape index (κ3) is 3.83. The molecule has 0 amide bonds. The Balaban J connectivity index is 1.94. The molecule has 0 saturated carbocycles. The van der Waals surface area contributed by atoms with Gasteiger partial charge in [-0.1, -0.05) is 6.07 Å². The molecule has 27 heavy (non-hydrogen) atoms. The Labute approximate surface area is 157 Å². The fourth-order valence-electron chi connectivity index (χ4n) is 2.93. The highest BCUT2D eigenvalue weighted by molar-refractivity contribution is 7.90. The van der Waals surface area contributed by atoms with Gasteiger partial charge in [0.2, 0.25) is 0 Å². The van der Waals surface area contributed by atoms with Gasteiger partial charge in [0.25, 0.3) is 0 Å². The normalized spacial score (nSPS) is 11.5. The standard InChI is InChI=1S/C20H20O6S/c1-4-25-15-6-8-16(9-7-15)27(22,23)12-14-5-10-18-17(11-14)19(13(2)26-18)20(21)24-3/h5-11H,4,12H2,1-3H3. The molecule has 1 aromatic heterocycles. The summed E-state index contributed by atoms with van der Waals surface area (Å²) in [6.07, 6.45) is 0. The summed E-state index contributed by atoms with van der Waals surface area (Å²) in [6.45, 7) is 4.04. The first-order valence-electron chi connectivity index (χ1n) is 8.41. The summed E-state index contributed by atoms with van der Waals surface area (Å²) in [5.41, 5.74) is 1.38. The molecule has 0 N–H and O–H groups in total. The minimum absolute atomic E-state index is 0.193. The van der Waals surface area contributed by atoms with Crippen LogP contribution in [0.3, 0.4) is 0 Å². The van der Waals surface area contributed by atoms with Crippen molar-refractivity contribution in [2.24, 2.45) is 0 Å². The first-order chi connectivity index (χ1) is 12.9. The van der Waals surface area contributed by atoms with Crippen molar-refractivity contribution < 1.29 is 27.1 Å². The molecular formula is C20H20O6S. The van der Waals surface area contributed by atoms with Crippen molar-refractivity contribution in [1.82, 2.24) is 0 Å². The van der Waals surface area contributed by atoms with Gasteiger partial charge in [0.1, 0.15) is 22.7 Å². The van der Waals surface area contributed by atoms with Crippen LogP contribution in [0.25, 0.3) is 11.0 Å². The van der Waals surface area contributed by atoms with Crippen LogP contribution in [0.5, 0.6) is 5.75 Å². The van der Waals surface area contributed by atoms with Crippen molar-refractivity contribution in [3.8, 4) is 5.75 Å². The number of carbonyl (C=O) groups is 1. The number of hydrogen-bond donors (Lipinski definition) is 0. The van der Waals surface area contributed by atoms with E-state index in [1.807, 2.05) is 6.92 Å². The first kappa shape index (κ1) is 19.0. The Hall–Kier alpha value is -2.80. The Morgan fingerprint density at radius 2 is 1.81 bits per heavy atom. The summed E-state index contributed by atoms with van der Waals surface area (Å²) in [5.74, 6) is 0.345. The SMILES string of the molecule is CCOc1ccc(S(=O)(=O)Cc2ccc3oc(C)c(C(=O)OC)c3c2)cc1. The number of benzene rings is 2. The molecular weight excluding hydrogens is 368 g/mol. The van der Waals surface area contributed by atoms with E-state index >= 15 is 0 Å². The van der Waals surface area contributed by atoms with E-state index in [-0.39, 0.29) is 10.6 Å². The highest BCUT2D eigenvalue weighted by Gasteiger charge is 2.21. The number of furan rings is 1. The Bertz CT molecular complexity index is 1080. The Kier molecular flexibility index (Phi) is 5.23. The zero-order valence-corrected chi connectivity index (χ0v) is 16.1. The third-order valence-electron chi connectivity index (χ3n) is 4.17. The molecule has 0 atom stereocenters. The highest BCUT2D eigenvalue weighted by Crippen LogP contribution is 2.28. The van der Waals surface area contributed by atoms with E-state index in [0.717, 1.165) is 0 Å². The van der Waals surface area contributed by atoms with E-state index in [9.17, 15) is 13.2 Å². The van der Waals surface area contributed by atoms with Crippen molar-refractivity contribution in [2.75, 3.05) is 13.7 Å². The molecule has 0 spiro atoms. The molecule has 1 heterocycles. The number of rotatable bonds is 6. The van der Waals surface area contributed by atoms with Gasteiger partial charge in [-0.15, -0.1) is 0 Å². The smallest absolute Gasteiger partial charge is 0.342 e. The molecule has 2 aromatic carbocycles. The number of aryl methyl sites for hydroxylation is 1. The van der Waals surface area contributed by atoms with Crippen molar-refractivity contribution >= 4 is 26.8 Å². The quantitative estimate of drug-likeness (QED) is 0.596. The van der Waals surface area contributed by atoms with Gasteiger partial charge in [-0.2, -0.15) is 0 Å². The van der Waals surface area contributed by atoms with E-state index in [4.69, 9.17) is 13.9 Å². The maximum Gasteiger partial charge on any atom is 0.342 e. The largest absolute Gasteiger partial charge is 0.494 e. The second-order valence-corrected chi connectivity index (χ2v) is 8.01. The molecule has 6 nitrogen and oxygen atoms in total. The maximum absolute atomic E-state index is 12.7. The Morgan fingerprint density at radius 3 is 2.44 bits per heavy atom. The van der Waals surface area contributed by atoms with Crippen LogP contribution >= 0.6 is 0 Å². The summed E-state index contributed by atoms with van der Waals surface area (Å²) >= 11 is 0. The van der Waals surface area contributed by atoms with Gasteiger partial charge < -0.3 is 13.9 Å². The lowest BCUT2D eigenvalue weighted by atomic mass is 10.1. The van der Waals surface area contributed by atoms with Crippen molar-refractivity contribution in [3.63, 3.8) is 0 Å². The number of methoxy groups -OCH3 is 1. The minimum Gasteiger partial charge on any atom is -0.494 e. The van der Waals surface area contributed by atoms with Crippen molar-refractivity contribution in [1.29, 1.82) is 0 Å². The highest BCUT2D eigenvalue weighted by atomic mass is 32.2. The minimum atomic E-state index is -3.55. The maximum atomic E-state index is 12.7. The summed E-state index contributed by atoms with van der Waals surface area (Å²) < 4.78 is 41.2. The molecule has 3 aromatic rings. The van der Waals surface area contributed by atoms with Crippen LogP contribution in [-0.4, -0.2) is 28.1 Å². The molecule has 0 saturated heterocycles. The molecule has 0 aliphatic carbocycles. The van der Waals surface area contributed by atoms with Crippen LogP contribution in [0, 0.1) is 6.92 Å². The molecule has 0 bridgehead atoms. The van der Waals surface area contributed by atoms with Crippen molar-refractivity contribution in [2.45, 2.75) is 24.5 Å². The third-order valence-corrected chi connectivity index (χ3v) is 5.87. The van der Waals surface area contributed by atoms with Gasteiger partial charge in [-0.3, -0.25) is 0 Å². The van der Waals surface area contributed by atoms with Gasteiger partial charge in [0.15, 0.2) is 9.84 Å². The second-order valence-electron chi connectivity index (χ2n) is 6.02. The number of carbonyl (C=O) groups excluding carboxylic acids is 1. The number of esters is 1.